The Bertz CT molecular complexity index is 914. The molecule has 8 nitrogen and oxygen atoms in total. The van der Waals surface area contributed by atoms with E-state index in [-0.39, 0.29) is 0 Å². The number of rotatable bonds is 5. The Labute approximate surface area is 137 Å². The summed E-state index contributed by atoms with van der Waals surface area (Å²) < 4.78 is 5.29. The lowest BCUT2D eigenvalue weighted by atomic mass is 10.3. The van der Waals surface area contributed by atoms with Crippen molar-refractivity contribution in [3.63, 3.8) is 0 Å². The third-order valence-electron chi connectivity index (χ3n) is 3.52. The standard InChI is InChI=1S/C16H15N7O/c1-23(9-14-19-11-4-2-3-5-12(11)20-14)10-15-21-16(22-24-15)13-8-17-6-7-18-13/h2-8H,9-10H2,1H3,(H,19,20). The summed E-state index contributed by atoms with van der Waals surface area (Å²) in [5.41, 5.74) is 2.58. The molecular weight excluding hydrogens is 306 g/mol. The molecule has 1 aromatic carbocycles. The minimum absolute atomic E-state index is 0.440. The van der Waals surface area contributed by atoms with Gasteiger partial charge in [0.25, 0.3) is 0 Å². The number of nitrogens with one attached hydrogen (secondary N) is 1. The molecule has 0 aliphatic carbocycles. The molecule has 4 rings (SSSR count). The molecule has 1 N–H and O–H groups in total. The molecule has 0 radical (unpaired) electrons. The van der Waals surface area contributed by atoms with E-state index in [0.29, 0.717) is 30.5 Å². The molecule has 0 fully saturated rings. The van der Waals surface area contributed by atoms with Crippen LogP contribution in [0.5, 0.6) is 0 Å². The summed E-state index contributed by atoms with van der Waals surface area (Å²) in [5.74, 6) is 1.86. The molecule has 3 aromatic heterocycles. The molecule has 120 valence electrons. The smallest absolute Gasteiger partial charge is 0.241 e. The van der Waals surface area contributed by atoms with E-state index in [4.69, 9.17) is 4.52 Å². The van der Waals surface area contributed by atoms with E-state index in [2.05, 4.69) is 30.1 Å². The largest absolute Gasteiger partial charge is 0.341 e. The zero-order valence-electron chi connectivity index (χ0n) is 13.0. The Morgan fingerprint density at radius 1 is 1.12 bits per heavy atom. The highest BCUT2D eigenvalue weighted by Crippen LogP contribution is 2.14. The molecule has 0 aliphatic heterocycles. The van der Waals surface area contributed by atoms with Gasteiger partial charge in [0.15, 0.2) is 0 Å². The highest BCUT2D eigenvalue weighted by atomic mass is 16.5. The average molecular weight is 321 g/mol. The molecule has 0 amide bonds. The van der Waals surface area contributed by atoms with Crippen molar-refractivity contribution in [3.05, 3.63) is 54.6 Å². The van der Waals surface area contributed by atoms with Crippen molar-refractivity contribution in [3.8, 4) is 11.5 Å². The predicted octanol–water partition coefficient (Wildman–Crippen LogP) is 2.03. The number of aromatic amines is 1. The Balaban J connectivity index is 1.44. The van der Waals surface area contributed by atoms with E-state index < -0.39 is 0 Å². The first kappa shape index (κ1) is 14.5. The third-order valence-corrected chi connectivity index (χ3v) is 3.52. The molecule has 0 spiro atoms. The van der Waals surface area contributed by atoms with Crippen LogP contribution in [0.4, 0.5) is 0 Å². The zero-order valence-corrected chi connectivity index (χ0v) is 13.0. The number of hydrogen-bond donors (Lipinski definition) is 1. The van der Waals surface area contributed by atoms with Crippen molar-refractivity contribution >= 4 is 11.0 Å². The van der Waals surface area contributed by atoms with Gasteiger partial charge in [-0.15, -0.1) is 0 Å². The van der Waals surface area contributed by atoms with Crippen LogP contribution in [0.2, 0.25) is 0 Å². The number of H-pyrrole nitrogens is 1. The summed E-state index contributed by atoms with van der Waals surface area (Å²) in [7, 11) is 1.97. The van der Waals surface area contributed by atoms with Gasteiger partial charge in [-0.1, -0.05) is 17.3 Å². The van der Waals surface area contributed by atoms with Gasteiger partial charge in [0, 0.05) is 12.4 Å². The second kappa shape index (κ2) is 6.17. The molecule has 0 atom stereocenters. The fourth-order valence-corrected chi connectivity index (χ4v) is 2.46. The lowest BCUT2D eigenvalue weighted by Gasteiger charge is -2.11. The second-order valence-corrected chi connectivity index (χ2v) is 5.48. The van der Waals surface area contributed by atoms with Crippen molar-refractivity contribution in [2.75, 3.05) is 7.05 Å². The van der Waals surface area contributed by atoms with Gasteiger partial charge in [-0.25, -0.2) is 9.97 Å². The van der Waals surface area contributed by atoms with Crippen LogP contribution < -0.4 is 0 Å². The van der Waals surface area contributed by atoms with Crippen LogP contribution in [0.25, 0.3) is 22.6 Å². The quantitative estimate of drug-likeness (QED) is 0.600. The zero-order chi connectivity index (χ0) is 16.4. The number of aromatic nitrogens is 6. The highest BCUT2D eigenvalue weighted by molar-refractivity contribution is 5.74. The SMILES string of the molecule is CN(Cc1nc2ccccc2[nH]1)Cc1nc(-c2cnccn2)no1. The monoisotopic (exact) mass is 321 g/mol. The maximum absolute atomic E-state index is 5.29. The average Bonchev–Trinajstić information content (AvgIpc) is 3.21. The fourth-order valence-electron chi connectivity index (χ4n) is 2.46. The van der Waals surface area contributed by atoms with Crippen LogP contribution in [0.15, 0.2) is 47.4 Å². The maximum atomic E-state index is 5.29. The minimum atomic E-state index is 0.440. The van der Waals surface area contributed by atoms with E-state index >= 15 is 0 Å². The summed E-state index contributed by atoms with van der Waals surface area (Å²) >= 11 is 0. The molecule has 0 saturated carbocycles. The lowest BCUT2D eigenvalue weighted by molar-refractivity contribution is 0.257. The van der Waals surface area contributed by atoms with Gasteiger partial charge in [-0.2, -0.15) is 4.98 Å². The van der Waals surface area contributed by atoms with Crippen LogP contribution in [0.3, 0.4) is 0 Å². The van der Waals surface area contributed by atoms with Crippen LogP contribution in [-0.4, -0.2) is 42.0 Å². The van der Waals surface area contributed by atoms with E-state index in [9.17, 15) is 0 Å². The van der Waals surface area contributed by atoms with Gasteiger partial charge < -0.3 is 9.51 Å². The first-order valence-corrected chi connectivity index (χ1v) is 7.49. The van der Waals surface area contributed by atoms with Crippen LogP contribution in [0.1, 0.15) is 11.7 Å². The Hall–Kier alpha value is -3.13. The Morgan fingerprint density at radius 2 is 2.04 bits per heavy atom. The van der Waals surface area contributed by atoms with Crippen molar-refractivity contribution < 1.29 is 4.52 Å². The van der Waals surface area contributed by atoms with Gasteiger partial charge in [0.2, 0.25) is 11.7 Å². The number of nitrogens with zero attached hydrogens (tertiary/aromatic N) is 6. The Morgan fingerprint density at radius 3 is 2.88 bits per heavy atom. The van der Waals surface area contributed by atoms with Crippen molar-refractivity contribution in [2.45, 2.75) is 13.1 Å². The molecule has 4 aromatic rings. The van der Waals surface area contributed by atoms with Gasteiger partial charge in [0.1, 0.15) is 11.5 Å². The highest BCUT2D eigenvalue weighted by Gasteiger charge is 2.13. The van der Waals surface area contributed by atoms with Crippen LogP contribution >= 0.6 is 0 Å². The minimum Gasteiger partial charge on any atom is -0.341 e. The summed E-state index contributed by atoms with van der Waals surface area (Å²) in [6.45, 7) is 1.17. The predicted molar refractivity (Wildman–Crippen MR) is 86.6 cm³/mol. The van der Waals surface area contributed by atoms with Crippen molar-refractivity contribution in [2.24, 2.45) is 0 Å². The summed E-state index contributed by atoms with van der Waals surface area (Å²) in [5, 5.41) is 3.94. The summed E-state index contributed by atoms with van der Waals surface area (Å²) in [6.07, 6.45) is 4.80. The lowest BCUT2D eigenvalue weighted by Crippen LogP contribution is -2.18. The van der Waals surface area contributed by atoms with E-state index in [1.807, 2.05) is 36.2 Å². The number of para-hydroxylation sites is 2. The van der Waals surface area contributed by atoms with Gasteiger partial charge in [0.05, 0.1) is 30.3 Å². The van der Waals surface area contributed by atoms with Crippen LogP contribution in [-0.2, 0) is 13.1 Å². The van der Waals surface area contributed by atoms with Gasteiger partial charge in [-0.05, 0) is 19.2 Å². The fraction of sp³-hybridized carbons (Fsp3) is 0.188. The number of fused-ring (bicyclic) bond motifs is 1. The van der Waals surface area contributed by atoms with Gasteiger partial charge in [-0.3, -0.25) is 9.88 Å². The first-order valence-electron chi connectivity index (χ1n) is 7.49. The first-order chi connectivity index (χ1) is 11.8. The summed E-state index contributed by atoms with van der Waals surface area (Å²) in [4.78, 5) is 22.4. The maximum Gasteiger partial charge on any atom is 0.241 e. The molecular formula is C16H15N7O. The molecule has 0 saturated heterocycles. The topological polar surface area (TPSA) is 96.6 Å². The second-order valence-electron chi connectivity index (χ2n) is 5.48. The Kier molecular flexibility index (Phi) is 3.72. The molecule has 0 aliphatic rings. The van der Waals surface area contributed by atoms with Crippen molar-refractivity contribution in [1.82, 2.24) is 35.0 Å². The molecule has 3 heterocycles. The molecule has 8 heteroatoms. The molecule has 24 heavy (non-hydrogen) atoms. The number of hydrogen-bond acceptors (Lipinski definition) is 7. The van der Waals surface area contributed by atoms with E-state index in [0.717, 1.165) is 16.9 Å². The van der Waals surface area contributed by atoms with E-state index in [1.165, 1.54) is 0 Å². The number of benzene rings is 1. The normalized spacial score (nSPS) is 11.4. The van der Waals surface area contributed by atoms with Gasteiger partial charge >= 0.3 is 0 Å². The molecule has 0 bridgehead atoms. The van der Waals surface area contributed by atoms with Crippen LogP contribution in [0, 0.1) is 0 Å². The summed E-state index contributed by atoms with van der Waals surface area (Å²) in [6, 6.07) is 7.96. The van der Waals surface area contributed by atoms with E-state index in [1.54, 1.807) is 18.6 Å². The molecule has 0 unspecified atom stereocenters. The van der Waals surface area contributed by atoms with Crippen molar-refractivity contribution in [1.29, 1.82) is 0 Å². The third kappa shape index (κ3) is 2.99. The number of imidazole rings is 1.